The van der Waals surface area contributed by atoms with Crippen molar-refractivity contribution in [2.24, 2.45) is 0 Å². The van der Waals surface area contributed by atoms with Gasteiger partial charge in [-0.05, 0) is 43.2 Å². The molecule has 1 amide bonds. The zero-order valence-corrected chi connectivity index (χ0v) is 18.9. The summed E-state index contributed by atoms with van der Waals surface area (Å²) in [6, 6.07) is 14.5. The van der Waals surface area contributed by atoms with E-state index in [0.29, 0.717) is 43.6 Å². The lowest BCUT2D eigenvalue weighted by Crippen LogP contribution is -2.53. The van der Waals surface area contributed by atoms with Gasteiger partial charge >= 0.3 is 0 Å². The zero-order chi connectivity index (χ0) is 22.3. The molecule has 2 saturated heterocycles. The molecule has 5 rings (SSSR count). The van der Waals surface area contributed by atoms with Crippen molar-refractivity contribution in [1.29, 1.82) is 0 Å². The number of para-hydroxylation sites is 1. The molecule has 32 heavy (non-hydrogen) atoms. The predicted octanol–water partition coefficient (Wildman–Crippen LogP) is 3.74. The fourth-order valence-corrected chi connectivity index (χ4v) is 7.65. The molecule has 6 nitrogen and oxygen atoms in total. The van der Waals surface area contributed by atoms with E-state index in [1.165, 1.54) is 22.5 Å². The molecule has 0 unspecified atom stereocenters. The van der Waals surface area contributed by atoms with Gasteiger partial charge in [0.05, 0.1) is 10.4 Å². The molecule has 0 aliphatic carbocycles. The molecule has 2 aliphatic rings. The quantitative estimate of drug-likeness (QED) is 0.582. The number of carbonyl (C=O) groups is 1. The van der Waals surface area contributed by atoms with E-state index in [-0.39, 0.29) is 10.8 Å². The molecule has 1 spiro atoms. The second-order valence-electron chi connectivity index (χ2n) is 8.00. The average Bonchev–Trinajstić information content (AvgIpc) is 3.21. The minimum atomic E-state index is -3.72. The lowest BCUT2D eigenvalue weighted by Gasteiger charge is -2.43. The first-order valence-electron chi connectivity index (χ1n) is 10.5. The number of pyridine rings is 1. The van der Waals surface area contributed by atoms with Crippen LogP contribution in [0.15, 0.2) is 65.7 Å². The number of aromatic nitrogens is 1. The lowest BCUT2D eigenvalue weighted by atomic mass is 10.0. The van der Waals surface area contributed by atoms with Crippen molar-refractivity contribution in [2.75, 3.05) is 25.4 Å². The Bertz CT molecular complexity index is 1290. The molecule has 2 aliphatic heterocycles. The van der Waals surface area contributed by atoms with Crippen LogP contribution in [-0.2, 0) is 10.0 Å². The van der Waals surface area contributed by atoms with E-state index in [9.17, 15) is 17.6 Å². The molecule has 0 bridgehead atoms. The normalized spacial score (nSPS) is 19.0. The highest BCUT2D eigenvalue weighted by atomic mass is 32.2. The zero-order valence-electron chi connectivity index (χ0n) is 17.3. The van der Waals surface area contributed by atoms with Gasteiger partial charge in [-0.25, -0.2) is 12.8 Å². The molecule has 3 aromatic rings. The number of nitrogens with zero attached hydrogens (tertiary/aromatic N) is 3. The van der Waals surface area contributed by atoms with Crippen LogP contribution in [0, 0.1) is 5.82 Å². The smallest absolute Gasteiger partial charge is 0.255 e. The fraction of sp³-hybridized carbons (Fsp3) is 0.304. The Labute approximate surface area is 190 Å². The first kappa shape index (κ1) is 21.4. The van der Waals surface area contributed by atoms with Gasteiger partial charge in [0.25, 0.3) is 5.91 Å². The highest BCUT2D eigenvalue weighted by Crippen LogP contribution is 2.45. The summed E-state index contributed by atoms with van der Waals surface area (Å²) < 4.78 is 42.0. The van der Waals surface area contributed by atoms with Gasteiger partial charge in [0.1, 0.15) is 10.7 Å². The molecule has 166 valence electrons. The van der Waals surface area contributed by atoms with E-state index in [4.69, 9.17) is 0 Å². The van der Waals surface area contributed by atoms with Crippen LogP contribution in [0.1, 0.15) is 23.2 Å². The molecule has 0 atom stereocenters. The van der Waals surface area contributed by atoms with Gasteiger partial charge in [-0.1, -0.05) is 24.3 Å². The van der Waals surface area contributed by atoms with Crippen molar-refractivity contribution in [1.82, 2.24) is 14.2 Å². The van der Waals surface area contributed by atoms with Gasteiger partial charge in [-0.15, -0.1) is 11.8 Å². The van der Waals surface area contributed by atoms with E-state index in [2.05, 4.69) is 4.98 Å². The van der Waals surface area contributed by atoms with Gasteiger partial charge in [0.2, 0.25) is 10.0 Å². The number of halogens is 1. The van der Waals surface area contributed by atoms with Crippen LogP contribution < -0.4 is 0 Å². The lowest BCUT2D eigenvalue weighted by molar-refractivity contribution is 0.0605. The molecule has 2 aromatic carbocycles. The van der Waals surface area contributed by atoms with Crippen LogP contribution in [0.3, 0.4) is 0 Å². The van der Waals surface area contributed by atoms with Gasteiger partial charge in [0, 0.05) is 42.5 Å². The number of amides is 1. The molecule has 0 N–H and O–H groups in total. The summed E-state index contributed by atoms with van der Waals surface area (Å²) in [6.45, 7) is 1.19. The number of piperidine rings is 1. The molecule has 9 heteroatoms. The van der Waals surface area contributed by atoms with Gasteiger partial charge in [0.15, 0.2) is 0 Å². The SMILES string of the molecule is O=C(c1cccc(F)c1)N1CCSC12CCN(S(=O)(=O)c1cccc3cccnc13)CC2. The third kappa shape index (κ3) is 3.58. The summed E-state index contributed by atoms with van der Waals surface area (Å²) in [6.07, 6.45) is 2.64. The maximum absolute atomic E-state index is 13.6. The van der Waals surface area contributed by atoms with Gasteiger partial charge in [-0.3, -0.25) is 9.78 Å². The molecular weight excluding hydrogens is 449 g/mol. The van der Waals surface area contributed by atoms with Crippen LogP contribution in [-0.4, -0.2) is 58.8 Å². The van der Waals surface area contributed by atoms with Crippen LogP contribution in [0.4, 0.5) is 4.39 Å². The molecule has 0 radical (unpaired) electrons. The summed E-state index contributed by atoms with van der Waals surface area (Å²) in [5.74, 6) is 0.131. The van der Waals surface area contributed by atoms with E-state index >= 15 is 0 Å². The number of hydrogen-bond donors (Lipinski definition) is 0. The van der Waals surface area contributed by atoms with Crippen LogP contribution in [0.2, 0.25) is 0 Å². The first-order chi connectivity index (χ1) is 15.4. The predicted molar refractivity (Wildman–Crippen MR) is 122 cm³/mol. The Morgan fingerprint density at radius 1 is 1.03 bits per heavy atom. The molecule has 0 saturated carbocycles. The van der Waals surface area contributed by atoms with Crippen molar-refractivity contribution in [3.63, 3.8) is 0 Å². The summed E-state index contributed by atoms with van der Waals surface area (Å²) in [4.78, 5) is 19.0. The highest BCUT2D eigenvalue weighted by molar-refractivity contribution is 8.00. The number of carbonyl (C=O) groups excluding carboxylic acids is 1. The summed E-state index contributed by atoms with van der Waals surface area (Å²) in [5, 5.41) is 0.778. The maximum Gasteiger partial charge on any atom is 0.255 e. The fourth-order valence-electron chi connectivity index (χ4n) is 4.59. The largest absolute Gasteiger partial charge is 0.323 e. The molecule has 3 heterocycles. The maximum atomic E-state index is 13.6. The minimum absolute atomic E-state index is 0.205. The topological polar surface area (TPSA) is 70.6 Å². The van der Waals surface area contributed by atoms with Crippen molar-refractivity contribution < 1.29 is 17.6 Å². The average molecular weight is 472 g/mol. The monoisotopic (exact) mass is 471 g/mol. The van der Waals surface area contributed by atoms with E-state index < -0.39 is 20.7 Å². The highest BCUT2D eigenvalue weighted by Gasteiger charge is 2.48. The van der Waals surface area contributed by atoms with Crippen LogP contribution >= 0.6 is 11.8 Å². The Hall–Kier alpha value is -2.49. The van der Waals surface area contributed by atoms with Crippen molar-refractivity contribution in [3.05, 3.63) is 72.2 Å². The number of sulfonamides is 1. The Morgan fingerprint density at radius 3 is 2.56 bits per heavy atom. The van der Waals surface area contributed by atoms with E-state index in [1.807, 2.05) is 12.1 Å². The van der Waals surface area contributed by atoms with Crippen molar-refractivity contribution in [2.45, 2.75) is 22.6 Å². The number of benzene rings is 2. The third-order valence-electron chi connectivity index (χ3n) is 6.21. The second-order valence-corrected chi connectivity index (χ2v) is 11.4. The van der Waals surface area contributed by atoms with E-state index in [0.717, 1.165) is 11.1 Å². The standard InChI is InChI=1S/C23H22FN3O3S2/c24-19-7-1-5-18(16-19)22(28)27-14-15-31-23(27)9-12-26(13-10-23)32(29,30)20-8-2-4-17-6-3-11-25-21(17)20/h1-8,11,16H,9-10,12-15H2. The minimum Gasteiger partial charge on any atom is -0.323 e. The molecule has 2 fully saturated rings. The third-order valence-corrected chi connectivity index (χ3v) is 9.69. The summed E-state index contributed by atoms with van der Waals surface area (Å²) >= 11 is 1.69. The van der Waals surface area contributed by atoms with Crippen molar-refractivity contribution in [3.8, 4) is 0 Å². The number of thioether (sulfide) groups is 1. The summed E-state index contributed by atoms with van der Waals surface area (Å²) in [5.41, 5.74) is 0.789. The van der Waals surface area contributed by atoms with E-state index in [1.54, 1.807) is 47.1 Å². The van der Waals surface area contributed by atoms with Crippen LogP contribution in [0.25, 0.3) is 10.9 Å². The van der Waals surface area contributed by atoms with Crippen LogP contribution in [0.5, 0.6) is 0 Å². The van der Waals surface area contributed by atoms with Gasteiger partial charge < -0.3 is 4.90 Å². The number of fused-ring (bicyclic) bond motifs is 1. The number of rotatable bonds is 3. The Morgan fingerprint density at radius 2 is 1.78 bits per heavy atom. The Balaban J connectivity index is 1.38. The Kier molecular flexibility index (Phi) is 5.43. The van der Waals surface area contributed by atoms with Crippen molar-refractivity contribution >= 4 is 38.6 Å². The molecule has 1 aromatic heterocycles. The van der Waals surface area contributed by atoms with Gasteiger partial charge in [-0.2, -0.15) is 4.31 Å². The summed E-state index contributed by atoms with van der Waals surface area (Å²) in [7, 11) is -3.72. The second kappa shape index (κ2) is 8.13. The first-order valence-corrected chi connectivity index (χ1v) is 12.9. The molecular formula is C23H22FN3O3S2. The number of hydrogen-bond acceptors (Lipinski definition) is 5.